The predicted molar refractivity (Wildman–Crippen MR) is 101 cm³/mol. The molecule has 2 aliphatic heterocycles. The highest BCUT2D eigenvalue weighted by molar-refractivity contribution is 5.95. The lowest BCUT2D eigenvalue weighted by Crippen LogP contribution is -2.34. The number of hydrogen-bond acceptors (Lipinski definition) is 6. The summed E-state index contributed by atoms with van der Waals surface area (Å²) in [5, 5.41) is 0. The van der Waals surface area contributed by atoms with E-state index in [-0.39, 0.29) is 24.8 Å². The summed E-state index contributed by atoms with van der Waals surface area (Å²) in [6.45, 7) is 4.25. The van der Waals surface area contributed by atoms with Crippen LogP contribution in [0.2, 0.25) is 0 Å². The smallest absolute Gasteiger partial charge is 0.288 e. The maximum Gasteiger partial charge on any atom is 0.288 e. The van der Waals surface area contributed by atoms with Crippen molar-refractivity contribution in [2.75, 3.05) is 13.2 Å². The number of hydrogen-bond donors (Lipinski definition) is 1. The van der Waals surface area contributed by atoms with Gasteiger partial charge in [0.05, 0.1) is 6.61 Å². The molecular weight excluding hydrogens is 361 g/mol. The number of ketones is 1. The summed E-state index contributed by atoms with van der Waals surface area (Å²) in [5.41, 5.74) is 7.87. The second-order valence-corrected chi connectivity index (χ2v) is 7.15. The molecule has 2 N–H and O–H groups in total. The maximum absolute atomic E-state index is 14.8. The molecule has 0 fully saturated rings. The SMILES string of the molecule is Cc1ccc(C(=O)Cc2ccc(F)c([C@@]3(C)N=C(N)OC4=C3COC4)c2)nc1. The zero-order chi connectivity index (χ0) is 19.9. The molecule has 28 heavy (non-hydrogen) atoms. The first kappa shape index (κ1) is 18.3. The number of aryl methyl sites for hydroxylation is 1. The number of ether oxygens (including phenoxy) is 2. The normalized spacial score (nSPS) is 21.2. The molecule has 2 aliphatic rings. The number of aliphatic imine (C=N–C) groups is 1. The molecule has 0 saturated carbocycles. The summed E-state index contributed by atoms with van der Waals surface area (Å²) in [5.74, 6) is 0.00547. The standard InChI is InChI=1S/C21H20FN3O3/c1-12-3-6-17(24-9-12)18(26)8-13-4-5-16(22)14(7-13)21(2)15-10-27-11-19(15)28-20(23)25-21/h3-7,9H,8,10-11H2,1-2H3,(H2,23,25)/t21-/m1/s1. The number of carbonyl (C=O) groups excluding carboxylic acids is 1. The van der Waals surface area contributed by atoms with Crippen LogP contribution in [-0.2, 0) is 21.4 Å². The van der Waals surface area contributed by atoms with Gasteiger partial charge in [-0.3, -0.25) is 9.78 Å². The summed E-state index contributed by atoms with van der Waals surface area (Å²) >= 11 is 0. The third-order valence-corrected chi connectivity index (χ3v) is 5.08. The van der Waals surface area contributed by atoms with Gasteiger partial charge in [0.2, 0.25) is 0 Å². The molecule has 6 nitrogen and oxygen atoms in total. The lowest BCUT2D eigenvalue weighted by Gasteiger charge is -2.31. The van der Waals surface area contributed by atoms with Gasteiger partial charge >= 0.3 is 0 Å². The van der Waals surface area contributed by atoms with E-state index in [0.717, 1.165) is 11.1 Å². The van der Waals surface area contributed by atoms with Crippen molar-refractivity contribution in [2.24, 2.45) is 10.7 Å². The summed E-state index contributed by atoms with van der Waals surface area (Å²) in [4.78, 5) is 21.1. The van der Waals surface area contributed by atoms with Crippen molar-refractivity contribution in [1.29, 1.82) is 0 Å². The lowest BCUT2D eigenvalue weighted by molar-refractivity contribution is 0.0988. The second-order valence-electron chi connectivity index (χ2n) is 7.15. The van der Waals surface area contributed by atoms with E-state index in [1.807, 2.05) is 13.0 Å². The number of carbonyl (C=O) groups is 1. The Morgan fingerprint density at radius 3 is 2.86 bits per heavy atom. The Morgan fingerprint density at radius 1 is 1.29 bits per heavy atom. The highest BCUT2D eigenvalue weighted by Crippen LogP contribution is 2.42. The molecular formula is C21H20FN3O3. The topological polar surface area (TPSA) is 86.8 Å². The number of pyridine rings is 1. The molecule has 2 aromatic rings. The minimum absolute atomic E-state index is 0.0310. The maximum atomic E-state index is 14.8. The monoisotopic (exact) mass is 381 g/mol. The van der Waals surface area contributed by atoms with Gasteiger partial charge in [0.1, 0.15) is 29.4 Å². The van der Waals surface area contributed by atoms with Gasteiger partial charge in [-0.25, -0.2) is 9.38 Å². The molecule has 1 aromatic heterocycles. The molecule has 0 spiro atoms. The molecule has 1 atom stereocenters. The first-order valence-corrected chi connectivity index (χ1v) is 8.95. The zero-order valence-corrected chi connectivity index (χ0v) is 15.7. The van der Waals surface area contributed by atoms with Gasteiger partial charge in [-0.1, -0.05) is 12.1 Å². The van der Waals surface area contributed by atoms with Gasteiger partial charge in [0.15, 0.2) is 5.78 Å². The molecule has 0 unspecified atom stereocenters. The fourth-order valence-corrected chi connectivity index (χ4v) is 3.54. The summed E-state index contributed by atoms with van der Waals surface area (Å²) in [6, 6.07) is 8.11. The van der Waals surface area contributed by atoms with Crippen molar-refractivity contribution in [3.8, 4) is 0 Å². The van der Waals surface area contributed by atoms with Crippen molar-refractivity contribution in [1.82, 2.24) is 4.98 Å². The van der Waals surface area contributed by atoms with E-state index in [0.29, 0.717) is 29.2 Å². The second kappa shape index (κ2) is 6.83. The van der Waals surface area contributed by atoms with Crippen molar-refractivity contribution in [3.05, 3.63) is 76.1 Å². The highest BCUT2D eigenvalue weighted by atomic mass is 19.1. The quantitative estimate of drug-likeness (QED) is 0.823. The Morgan fingerprint density at radius 2 is 2.11 bits per heavy atom. The third-order valence-electron chi connectivity index (χ3n) is 5.08. The Kier molecular flexibility index (Phi) is 4.47. The van der Waals surface area contributed by atoms with E-state index in [2.05, 4.69) is 9.98 Å². The fourth-order valence-electron chi connectivity index (χ4n) is 3.54. The van der Waals surface area contributed by atoms with Crippen LogP contribution in [0.4, 0.5) is 4.39 Å². The molecule has 4 rings (SSSR count). The molecule has 0 bridgehead atoms. The van der Waals surface area contributed by atoms with Crippen molar-refractivity contribution in [3.63, 3.8) is 0 Å². The molecule has 0 amide bonds. The number of halogens is 1. The van der Waals surface area contributed by atoms with E-state index < -0.39 is 11.4 Å². The number of amidine groups is 1. The molecule has 144 valence electrons. The highest BCUT2D eigenvalue weighted by Gasteiger charge is 2.42. The average Bonchev–Trinajstić information content (AvgIpc) is 3.13. The third kappa shape index (κ3) is 3.18. The fraction of sp³-hybridized carbons (Fsp3) is 0.286. The average molecular weight is 381 g/mol. The molecule has 7 heteroatoms. The minimum atomic E-state index is -1.04. The van der Waals surface area contributed by atoms with Crippen LogP contribution in [0.15, 0.2) is 52.9 Å². The molecule has 3 heterocycles. The Balaban J connectivity index is 1.68. The lowest BCUT2D eigenvalue weighted by atomic mass is 9.83. The van der Waals surface area contributed by atoms with E-state index in [1.165, 1.54) is 6.07 Å². The minimum Gasteiger partial charge on any atom is -0.428 e. The number of benzene rings is 1. The van der Waals surface area contributed by atoms with Crippen LogP contribution in [0.5, 0.6) is 0 Å². The van der Waals surface area contributed by atoms with Gasteiger partial charge in [-0.15, -0.1) is 0 Å². The van der Waals surface area contributed by atoms with Crippen molar-refractivity contribution < 1.29 is 18.7 Å². The van der Waals surface area contributed by atoms with E-state index in [9.17, 15) is 9.18 Å². The molecule has 0 aliphatic carbocycles. The molecule has 0 saturated heterocycles. The predicted octanol–water partition coefficient (Wildman–Crippen LogP) is 2.80. The summed E-state index contributed by atoms with van der Waals surface area (Å²) in [6.07, 6.45) is 1.76. The Labute approximate surface area is 161 Å². The number of rotatable bonds is 4. The van der Waals surface area contributed by atoms with Crippen molar-refractivity contribution in [2.45, 2.75) is 25.8 Å². The van der Waals surface area contributed by atoms with Gasteiger partial charge < -0.3 is 15.2 Å². The van der Waals surface area contributed by atoms with Crippen LogP contribution in [-0.4, -0.2) is 30.0 Å². The first-order valence-electron chi connectivity index (χ1n) is 8.95. The largest absolute Gasteiger partial charge is 0.428 e. The van der Waals surface area contributed by atoms with E-state index in [1.54, 1.807) is 31.3 Å². The van der Waals surface area contributed by atoms with E-state index >= 15 is 0 Å². The number of Topliss-reactive ketones (excluding diaryl/α,β-unsaturated/α-hetero) is 1. The van der Waals surface area contributed by atoms with Gasteiger partial charge in [0, 0.05) is 23.8 Å². The molecule has 1 aromatic carbocycles. The van der Waals surface area contributed by atoms with Gasteiger partial charge in [-0.2, -0.15) is 0 Å². The van der Waals surface area contributed by atoms with Crippen LogP contribution < -0.4 is 5.73 Å². The number of nitrogens with zero attached hydrogens (tertiary/aromatic N) is 2. The first-order chi connectivity index (χ1) is 13.4. The molecule has 0 radical (unpaired) electrons. The summed E-state index contributed by atoms with van der Waals surface area (Å²) < 4.78 is 25.6. The Bertz CT molecular complexity index is 1010. The van der Waals surface area contributed by atoms with E-state index in [4.69, 9.17) is 15.2 Å². The van der Waals surface area contributed by atoms with Crippen LogP contribution >= 0.6 is 0 Å². The van der Waals surface area contributed by atoms with Crippen molar-refractivity contribution >= 4 is 11.8 Å². The van der Waals surface area contributed by atoms with Gasteiger partial charge in [-0.05, 0) is 43.2 Å². The van der Waals surface area contributed by atoms with Crippen LogP contribution in [0.3, 0.4) is 0 Å². The van der Waals surface area contributed by atoms with Crippen LogP contribution in [0.25, 0.3) is 0 Å². The summed E-state index contributed by atoms with van der Waals surface area (Å²) in [7, 11) is 0. The Hall–Kier alpha value is -3.06. The van der Waals surface area contributed by atoms with Crippen LogP contribution in [0.1, 0.15) is 34.1 Å². The number of aromatic nitrogens is 1. The zero-order valence-electron chi connectivity index (χ0n) is 15.7. The number of nitrogens with two attached hydrogens (primary N) is 1. The van der Waals surface area contributed by atoms with Crippen LogP contribution in [0, 0.1) is 12.7 Å². The van der Waals surface area contributed by atoms with Gasteiger partial charge in [0.25, 0.3) is 6.02 Å².